The normalized spacial score (nSPS) is 23.5. The number of rotatable bonds is 5. The average molecular weight is 280 g/mol. The molecule has 0 saturated heterocycles. The van der Waals surface area contributed by atoms with E-state index in [9.17, 15) is 5.26 Å². The van der Waals surface area contributed by atoms with Crippen LogP contribution in [0.4, 0.5) is 0 Å². The summed E-state index contributed by atoms with van der Waals surface area (Å²) in [7, 11) is 3.90. The molecule has 0 aliphatic heterocycles. The van der Waals surface area contributed by atoms with Crippen molar-refractivity contribution in [3.05, 3.63) is 60.1 Å². The Bertz CT molecular complexity index is 627. The highest BCUT2D eigenvalue weighted by atomic mass is 16.3. The fourth-order valence-corrected chi connectivity index (χ4v) is 3.18. The Hall–Kier alpha value is -2.05. The molecule has 1 aromatic heterocycles. The predicted molar refractivity (Wildman–Crippen MR) is 81.6 cm³/mol. The maximum absolute atomic E-state index is 9.80. The van der Waals surface area contributed by atoms with Crippen molar-refractivity contribution in [2.75, 3.05) is 14.1 Å². The summed E-state index contributed by atoms with van der Waals surface area (Å²) in [5, 5.41) is 9.80. The second kappa shape index (κ2) is 5.38. The molecule has 3 atom stereocenters. The van der Waals surface area contributed by atoms with E-state index in [4.69, 9.17) is 4.42 Å². The lowest BCUT2D eigenvalue weighted by Crippen LogP contribution is -2.40. The van der Waals surface area contributed by atoms with Gasteiger partial charge in [-0.2, -0.15) is 5.26 Å². The summed E-state index contributed by atoms with van der Waals surface area (Å²) in [6.07, 6.45) is 3.61. The van der Waals surface area contributed by atoms with Gasteiger partial charge in [0.25, 0.3) is 0 Å². The van der Waals surface area contributed by atoms with Gasteiger partial charge in [-0.05, 0) is 56.5 Å². The maximum Gasteiger partial charge on any atom is 0.167 e. The first kappa shape index (κ1) is 13.9. The van der Waals surface area contributed by atoms with Crippen LogP contribution in [-0.2, 0) is 5.54 Å². The van der Waals surface area contributed by atoms with Gasteiger partial charge in [0, 0.05) is 0 Å². The van der Waals surface area contributed by atoms with Gasteiger partial charge in [-0.1, -0.05) is 30.3 Å². The van der Waals surface area contributed by atoms with Crippen LogP contribution in [-0.4, -0.2) is 19.0 Å². The molecular formula is C18H20N2O. The molecule has 1 heterocycles. The van der Waals surface area contributed by atoms with Crippen molar-refractivity contribution >= 4 is 0 Å². The number of hydrogen-bond donors (Lipinski definition) is 0. The molecule has 1 fully saturated rings. The van der Waals surface area contributed by atoms with Crippen molar-refractivity contribution in [1.29, 1.82) is 5.26 Å². The topological polar surface area (TPSA) is 40.2 Å². The Morgan fingerprint density at radius 3 is 2.57 bits per heavy atom. The second-order valence-electron chi connectivity index (χ2n) is 6.06. The monoisotopic (exact) mass is 280 g/mol. The van der Waals surface area contributed by atoms with Crippen LogP contribution in [0.1, 0.15) is 30.1 Å². The first-order valence-corrected chi connectivity index (χ1v) is 7.35. The first-order chi connectivity index (χ1) is 10.2. The number of furan rings is 1. The van der Waals surface area contributed by atoms with Gasteiger partial charge in [0.2, 0.25) is 0 Å². The van der Waals surface area contributed by atoms with Gasteiger partial charge in [-0.15, -0.1) is 0 Å². The lowest BCUT2D eigenvalue weighted by Gasteiger charge is -2.31. The molecule has 1 unspecified atom stereocenters. The van der Waals surface area contributed by atoms with Gasteiger partial charge < -0.3 is 4.42 Å². The molecule has 1 aromatic carbocycles. The third-order valence-corrected chi connectivity index (χ3v) is 4.59. The second-order valence-corrected chi connectivity index (χ2v) is 6.06. The van der Waals surface area contributed by atoms with Gasteiger partial charge >= 0.3 is 0 Å². The van der Waals surface area contributed by atoms with Crippen LogP contribution < -0.4 is 0 Å². The molecule has 1 aliphatic carbocycles. The van der Waals surface area contributed by atoms with Crippen LogP contribution >= 0.6 is 0 Å². The number of nitrogens with zero attached hydrogens (tertiary/aromatic N) is 2. The minimum Gasteiger partial charge on any atom is -0.466 e. The van der Waals surface area contributed by atoms with Crippen molar-refractivity contribution < 1.29 is 4.42 Å². The van der Waals surface area contributed by atoms with Crippen LogP contribution in [0.25, 0.3) is 0 Å². The van der Waals surface area contributed by atoms with E-state index in [-0.39, 0.29) is 0 Å². The van der Waals surface area contributed by atoms with E-state index in [0.717, 1.165) is 18.6 Å². The summed E-state index contributed by atoms with van der Waals surface area (Å²) < 4.78 is 5.56. The zero-order chi connectivity index (χ0) is 14.9. The Morgan fingerprint density at radius 2 is 2.00 bits per heavy atom. The molecule has 3 rings (SSSR count). The average Bonchev–Trinajstić information content (AvgIpc) is 3.04. The van der Waals surface area contributed by atoms with Crippen molar-refractivity contribution in [3.8, 4) is 6.07 Å². The molecule has 0 amide bonds. The maximum atomic E-state index is 9.80. The summed E-state index contributed by atoms with van der Waals surface area (Å²) in [6.45, 7) is 0. The fourth-order valence-electron chi connectivity index (χ4n) is 3.18. The third-order valence-electron chi connectivity index (χ3n) is 4.59. The molecule has 108 valence electrons. The molecule has 1 saturated carbocycles. The highest BCUT2D eigenvalue weighted by Gasteiger charge is 2.48. The summed E-state index contributed by atoms with van der Waals surface area (Å²) in [6, 6.07) is 16.8. The minimum atomic E-state index is -0.669. The van der Waals surface area contributed by atoms with Gasteiger partial charge in [0.05, 0.1) is 12.3 Å². The molecule has 3 nitrogen and oxygen atoms in total. The standard InChI is InChI=1S/C18H20N2O/c1-20(2)18(13-19,17-9-6-10-21-17)12-15-11-16(15)14-7-4-3-5-8-14/h3-10,15-16H,11-12H2,1-2H3/t15-,16-,18?/m0/s1. The Labute approximate surface area is 125 Å². The highest BCUT2D eigenvalue weighted by molar-refractivity contribution is 5.29. The fraction of sp³-hybridized carbons (Fsp3) is 0.389. The van der Waals surface area contributed by atoms with Crippen LogP contribution in [0.5, 0.6) is 0 Å². The van der Waals surface area contributed by atoms with Gasteiger partial charge in [-0.3, -0.25) is 4.90 Å². The van der Waals surface area contributed by atoms with Crippen LogP contribution in [0.15, 0.2) is 53.1 Å². The summed E-state index contributed by atoms with van der Waals surface area (Å²) in [4.78, 5) is 1.98. The van der Waals surface area contributed by atoms with Crippen LogP contribution in [0.3, 0.4) is 0 Å². The predicted octanol–water partition coefficient (Wildman–Crippen LogP) is 3.75. The van der Waals surface area contributed by atoms with Gasteiger partial charge in [0.15, 0.2) is 5.54 Å². The zero-order valence-electron chi connectivity index (χ0n) is 12.5. The number of nitriles is 1. The molecule has 3 heteroatoms. The number of benzene rings is 1. The molecule has 0 bridgehead atoms. The third kappa shape index (κ3) is 2.48. The largest absolute Gasteiger partial charge is 0.466 e. The molecule has 0 radical (unpaired) electrons. The lowest BCUT2D eigenvalue weighted by molar-refractivity contribution is 0.161. The van der Waals surface area contributed by atoms with Gasteiger partial charge in [-0.25, -0.2) is 0 Å². The first-order valence-electron chi connectivity index (χ1n) is 7.35. The van der Waals surface area contributed by atoms with E-state index in [2.05, 4.69) is 30.3 Å². The summed E-state index contributed by atoms with van der Waals surface area (Å²) in [5.74, 6) is 1.86. The molecule has 0 N–H and O–H groups in total. The molecule has 2 aromatic rings. The van der Waals surface area contributed by atoms with E-state index in [1.54, 1.807) is 6.26 Å². The van der Waals surface area contributed by atoms with E-state index >= 15 is 0 Å². The zero-order valence-corrected chi connectivity index (χ0v) is 12.5. The summed E-state index contributed by atoms with van der Waals surface area (Å²) >= 11 is 0. The van der Waals surface area contributed by atoms with Crippen molar-refractivity contribution in [1.82, 2.24) is 4.90 Å². The van der Waals surface area contributed by atoms with E-state index < -0.39 is 5.54 Å². The van der Waals surface area contributed by atoms with Crippen molar-refractivity contribution in [2.45, 2.75) is 24.3 Å². The van der Waals surface area contributed by atoms with Crippen molar-refractivity contribution in [2.24, 2.45) is 5.92 Å². The minimum absolute atomic E-state index is 0.541. The quantitative estimate of drug-likeness (QED) is 0.837. The Morgan fingerprint density at radius 1 is 1.24 bits per heavy atom. The lowest BCUT2D eigenvalue weighted by atomic mass is 9.88. The summed E-state index contributed by atoms with van der Waals surface area (Å²) in [5.41, 5.74) is 0.713. The Kier molecular flexibility index (Phi) is 3.57. The van der Waals surface area contributed by atoms with E-state index in [0.29, 0.717) is 11.8 Å². The van der Waals surface area contributed by atoms with Crippen LogP contribution in [0, 0.1) is 17.2 Å². The van der Waals surface area contributed by atoms with Crippen LogP contribution in [0.2, 0.25) is 0 Å². The van der Waals surface area contributed by atoms with Crippen molar-refractivity contribution in [3.63, 3.8) is 0 Å². The highest BCUT2D eigenvalue weighted by Crippen LogP contribution is 2.53. The smallest absolute Gasteiger partial charge is 0.167 e. The Balaban J connectivity index is 1.81. The van der Waals surface area contributed by atoms with E-state index in [1.807, 2.05) is 37.2 Å². The molecular weight excluding hydrogens is 260 g/mol. The SMILES string of the molecule is CN(C)C(C#N)(C[C@@H]1C[C@H]1c1ccccc1)c1ccco1. The number of hydrogen-bond acceptors (Lipinski definition) is 3. The molecule has 21 heavy (non-hydrogen) atoms. The van der Waals surface area contributed by atoms with E-state index in [1.165, 1.54) is 5.56 Å². The molecule has 1 aliphatic rings. The molecule has 0 spiro atoms. The van der Waals surface area contributed by atoms with Gasteiger partial charge in [0.1, 0.15) is 5.76 Å².